The molecule has 0 saturated carbocycles. The van der Waals surface area contributed by atoms with Crippen molar-refractivity contribution in [2.45, 2.75) is 20.5 Å². The van der Waals surface area contributed by atoms with Crippen LogP contribution in [-0.4, -0.2) is 31.2 Å². The number of hydrogen-bond donors (Lipinski definition) is 2. The van der Waals surface area contributed by atoms with Crippen LogP contribution in [0.3, 0.4) is 0 Å². The molecule has 1 amide bonds. The molecule has 2 N–H and O–H groups in total. The van der Waals surface area contributed by atoms with E-state index < -0.39 is 0 Å². The van der Waals surface area contributed by atoms with E-state index in [-0.39, 0.29) is 19.1 Å². The van der Waals surface area contributed by atoms with E-state index in [1.165, 1.54) is 0 Å². The molecule has 0 aliphatic heterocycles. The maximum atomic E-state index is 11.8. The lowest BCUT2D eigenvalue weighted by molar-refractivity contribution is -0.119. The fraction of sp³-hybridized carbons (Fsp3) is 0.467. The summed E-state index contributed by atoms with van der Waals surface area (Å²) in [6, 6.07) is 7.23. The maximum absolute atomic E-state index is 11.8. The SMILES string of the molecule is CC(C)CNC(=O)CN(C)c1ccc(CO)cc1C#N. The maximum Gasteiger partial charge on any atom is 0.239 e. The number of anilines is 1. The fourth-order valence-electron chi connectivity index (χ4n) is 1.78. The van der Waals surface area contributed by atoms with Gasteiger partial charge in [0.2, 0.25) is 5.91 Å². The van der Waals surface area contributed by atoms with Gasteiger partial charge in [0, 0.05) is 13.6 Å². The van der Waals surface area contributed by atoms with E-state index in [4.69, 9.17) is 10.4 Å². The van der Waals surface area contributed by atoms with Crippen LogP contribution in [0.25, 0.3) is 0 Å². The largest absolute Gasteiger partial charge is 0.392 e. The molecule has 0 atom stereocenters. The van der Waals surface area contributed by atoms with Crippen LogP contribution in [0.15, 0.2) is 18.2 Å². The van der Waals surface area contributed by atoms with Gasteiger partial charge in [-0.1, -0.05) is 19.9 Å². The Hall–Kier alpha value is -2.06. The number of nitrogens with zero attached hydrogens (tertiary/aromatic N) is 2. The number of nitriles is 1. The monoisotopic (exact) mass is 275 g/mol. The van der Waals surface area contributed by atoms with E-state index in [1.807, 2.05) is 13.8 Å². The molecule has 0 spiro atoms. The second-order valence-electron chi connectivity index (χ2n) is 5.18. The Kier molecular flexibility index (Phi) is 6.01. The summed E-state index contributed by atoms with van der Waals surface area (Å²) in [5.74, 6) is 0.332. The van der Waals surface area contributed by atoms with Gasteiger partial charge in [-0.3, -0.25) is 4.79 Å². The van der Waals surface area contributed by atoms with Gasteiger partial charge in [0.05, 0.1) is 24.4 Å². The first-order chi connectivity index (χ1) is 9.47. The number of amides is 1. The quantitative estimate of drug-likeness (QED) is 0.819. The zero-order valence-corrected chi connectivity index (χ0v) is 12.2. The number of likely N-dealkylation sites (N-methyl/N-ethyl adjacent to an activating group) is 1. The third-order valence-electron chi connectivity index (χ3n) is 2.86. The van der Waals surface area contributed by atoms with Gasteiger partial charge in [-0.05, 0) is 23.6 Å². The number of benzene rings is 1. The summed E-state index contributed by atoms with van der Waals surface area (Å²) in [5.41, 5.74) is 1.82. The summed E-state index contributed by atoms with van der Waals surface area (Å²) in [6.45, 7) is 4.80. The molecule has 0 fully saturated rings. The number of hydrogen-bond acceptors (Lipinski definition) is 4. The summed E-state index contributed by atoms with van der Waals surface area (Å²) < 4.78 is 0. The predicted molar refractivity (Wildman–Crippen MR) is 78.2 cm³/mol. The third kappa shape index (κ3) is 4.56. The highest BCUT2D eigenvalue weighted by Crippen LogP contribution is 2.20. The van der Waals surface area contributed by atoms with Crippen molar-refractivity contribution in [3.63, 3.8) is 0 Å². The summed E-state index contributed by atoms with van der Waals surface area (Å²) in [7, 11) is 1.77. The first-order valence-corrected chi connectivity index (χ1v) is 6.59. The van der Waals surface area contributed by atoms with Crippen LogP contribution in [0.2, 0.25) is 0 Å². The lowest BCUT2D eigenvalue weighted by Crippen LogP contribution is -2.37. The van der Waals surface area contributed by atoms with Crippen molar-refractivity contribution < 1.29 is 9.90 Å². The minimum absolute atomic E-state index is 0.0728. The molecule has 0 aliphatic rings. The van der Waals surface area contributed by atoms with Crippen LogP contribution in [0.4, 0.5) is 5.69 Å². The van der Waals surface area contributed by atoms with Crippen molar-refractivity contribution in [1.29, 1.82) is 5.26 Å². The number of rotatable bonds is 6. The molecule has 1 rings (SSSR count). The molecule has 1 aromatic carbocycles. The molecule has 0 saturated heterocycles. The van der Waals surface area contributed by atoms with Gasteiger partial charge in [-0.25, -0.2) is 0 Å². The van der Waals surface area contributed by atoms with Crippen LogP contribution in [0.1, 0.15) is 25.0 Å². The van der Waals surface area contributed by atoms with Crippen molar-refractivity contribution in [1.82, 2.24) is 5.32 Å². The number of aliphatic hydroxyl groups is 1. The Labute approximate surface area is 119 Å². The average molecular weight is 275 g/mol. The van der Waals surface area contributed by atoms with Crippen molar-refractivity contribution in [2.75, 3.05) is 25.0 Å². The van der Waals surface area contributed by atoms with Gasteiger partial charge in [0.1, 0.15) is 6.07 Å². The highest BCUT2D eigenvalue weighted by Gasteiger charge is 2.12. The Bertz CT molecular complexity index is 506. The first-order valence-electron chi connectivity index (χ1n) is 6.59. The Morgan fingerprint density at radius 3 is 2.75 bits per heavy atom. The molecule has 0 bridgehead atoms. The van der Waals surface area contributed by atoms with E-state index in [2.05, 4.69) is 11.4 Å². The lowest BCUT2D eigenvalue weighted by Gasteiger charge is -2.20. The Balaban J connectivity index is 2.75. The molecule has 0 radical (unpaired) electrons. The molecule has 20 heavy (non-hydrogen) atoms. The van der Waals surface area contributed by atoms with E-state index >= 15 is 0 Å². The second kappa shape index (κ2) is 7.51. The molecule has 5 heteroatoms. The first kappa shape index (κ1) is 16.0. The minimum Gasteiger partial charge on any atom is -0.392 e. The third-order valence-corrected chi connectivity index (χ3v) is 2.86. The van der Waals surface area contributed by atoms with Crippen LogP contribution in [0, 0.1) is 17.2 Å². The number of nitrogens with one attached hydrogen (secondary N) is 1. The molecule has 1 aromatic rings. The zero-order valence-electron chi connectivity index (χ0n) is 12.2. The van der Waals surface area contributed by atoms with E-state index in [0.717, 1.165) is 0 Å². The van der Waals surface area contributed by atoms with E-state index in [1.54, 1.807) is 30.1 Å². The normalized spacial score (nSPS) is 10.2. The van der Waals surface area contributed by atoms with Gasteiger partial charge >= 0.3 is 0 Å². The van der Waals surface area contributed by atoms with Crippen LogP contribution in [0.5, 0.6) is 0 Å². The van der Waals surface area contributed by atoms with E-state index in [0.29, 0.717) is 29.3 Å². The Morgan fingerprint density at radius 2 is 2.20 bits per heavy atom. The zero-order chi connectivity index (χ0) is 15.1. The molecule has 0 aliphatic carbocycles. The summed E-state index contributed by atoms with van der Waals surface area (Å²) in [5, 5.41) is 21.0. The lowest BCUT2D eigenvalue weighted by atomic mass is 10.1. The van der Waals surface area contributed by atoms with Crippen molar-refractivity contribution in [3.8, 4) is 6.07 Å². The minimum atomic E-state index is -0.104. The topological polar surface area (TPSA) is 76.4 Å². The molecular weight excluding hydrogens is 254 g/mol. The van der Waals surface area contributed by atoms with Crippen molar-refractivity contribution in [2.24, 2.45) is 5.92 Å². The van der Waals surface area contributed by atoms with Gasteiger partial charge in [0.15, 0.2) is 0 Å². The number of carbonyl (C=O) groups is 1. The van der Waals surface area contributed by atoms with Gasteiger partial charge in [-0.15, -0.1) is 0 Å². The summed E-state index contributed by atoms with van der Waals surface area (Å²) >= 11 is 0. The van der Waals surface area contributed by atoms with Crippen molar-refractivity contribution in [3.05, 3.63) is 29.3 Å². The smallest absolute Gasteiger partial charge is 0.239 e. The molecule has 0 heterocycles. The molecule has 108 valence electrons. The number of carbonyl (C=O) groups excluding carboxylic acids is 1. The van der Waals surface area contributed by atoms with Crippen molar-refractivity contribution >= 4 is 11.6 Å². The fourth-order valence-corrected chi connectivity index (χ4v) is 1.78. The second-order valence-corrected chi connectivity index (χ2v) is 5.18. The standard InChI is InChI=1S/C15H21N3O2/c1-11(2)8-17-15(20)9-18(3)14-5-4-12(10-19)6-13(14)7-16/h4-6,11,19H,8-10H2,1-3H3,(H,17,20). The summed E-state index contributed by atoms with van der Waals surface area (Å²) in [4.78, 5) is 13.5. The van der Waals surface area contributed by atoms with Gasteiger partial charge in [0.25, 0.3) is 0 Å². The van der Waals surface area contributed by atoms with Crippen LogP contribution >= 0.6 is 0 Å². The molecule has 0 unspecified atom stereocenters. The number of aliphatic hydroxyl groups excluding tert-OH is 1. The van der Waals surface area contributed by atoms with E-state index in [9.17, 15) is 4.79 Å². The summed E-state index contributed by atoms with van der Waals surface area (Å²) in [6.07, 6.45) is 0. The molecule has 5 nitrogen and oxygen atoms in total. The average Bonchev–Trinajstić information content (AvgIpc) is 2.44. The van der Waals surface area contributed by atoms with Gasteiger partial charge in [-0.2, -0.15) is 5.26 Å². The van der Waals surface area contributed by atoms with Gasteiger partial charge < -0.3 is 15.3 Å². The predicted octanol–water partition coefficient (Wildman–Crippen LogP) is 1.26. The van der Waals surface area contributed by atoms with Crippen LogP contribution < -0.4 is 10.2 Å². The highest BCUT2D eigenvalue weighted by atomic mass is 16.3. The highest BCUT2D eigenvalue weighted by molar-refractivity contribution is 5.81. The van der Waals surface area contributed by atoms with Crippen LogP contribution in [-0.2, 0) is 11.4 Å². The Morgan fingerprint density at radius 1 is 1.50 bits per heavy atom. The molecule has 0 aromatic heterocycles. The molecular formula is C15H21N3O2.